The van der Waals surface area contributed by atoms with Crippen molar-refractivity contribution in [3.63, 3.8) is 0 Å². The van der Waals surface area contributed by atoms with Crippen LogP contribution < -0.4 is 15.1 Å². The Labute approximate surface area is 193 Å². The first-order chi connectivity index (χ1) is 15.5. The van der Waals surface area contributed by atoms with Gasteiger partial charge in [0.2, 0.25) is 5.76 Å². The third-order valence-corrected chi connectivity index (χ3v) is 6.20. The van der Waals surface area contributed by atoms with Gasteiger partial charge in [-0.1, -0.05) is 41.4 Å². The average molecular weight is 466 g/mol. The normalized spacial score (nSPS) is 15.3. The quantitative estimate of drug-likeness (QED) is 0.357. The Balaban J connectivity index is 1.75. The topological polar surface area (TPSA) is 59.8 Å². The molecule has 32 heavy (non-hydrogen) atoms. The molecule has 0 fully saturated rings. The van der Waals surface area contributed by atoms with E-state index < -0.39 is 11.9 Å². The highest BCUT2D eigenvalue weighted by Gasteiger charge is 2.43. The van der Waals surface area contributed by atoms with E-state index in [0.29, 0.717) is 44.6 Å². The highest BCUT2D eigenvalue weighted by atomic mass is 35.5. The van der Waals surface area contributed by atoms with Crippen LogP contribution in [0.5, 0.6) is 5.75 Å². The van der Waals surface area contributed by atoms with Crippen molar-refractivity contribution in [3.8, 4) is 5.75 Å². The molecule has 0 N–H and O–H groups in total. The predicted octanol–water partition coefficient (Wildman–Crippen LogP) is 6.25. The number of fused-ring (bicyclic) bond motifs is 2. The van der Waals surface area contributed by atoms with Crippen LogP contribution in [0, 0.1) is 0 Å². The smallest absolute Gasteiger partial charge is 0.295 e. The van der Waals surface area contributed by atoms with Gasteiger partial charge in [0.15, 0.2) is 5.43 Å². The van der Waals surface area contributed by atoms with Crippen molar-refractivity contribution < 1.29 is 13.9 Å². The summed E-state index contributed by atoms with van der Waals surface area (Å²) in [7, 11) is 0. The van der Waals surface area contributed by atoms with Crippen molar-refractivity contribution in [2.24, 2.45) is 0 Å². The molecule has 1 aliphatic heterocycles. The van der Waals surface area contributed by atoms with E-state index in [1.165, 1.54) is 0 Å². The first-order valence-electron chi connectivity index (χ1n) is 10.1. The second-order valence-corrected chi connectivity index (χ2v) is 8.16. The number of amides is 1. The van der Waals surface area contributed by atoms with E-state index in [1.807, 2.05) is 6.92 Å². The summed E-state index contributed by atoms with van der Waals surface area (Å²) in [6.45, 7) is 2.43. The van der Waals surface area contributed by atoms with Crippen LogP contribution in [0.2, 0.25) is 10.0 Å². The van der Waals surface area contributed by atoms with Gasteiger partial charge in [0.05, 0.1) is 33.6 Å². The number of nitrogens with zero attached hydrogens (tertiary/aromatic N) is 1. The van der Waals surface area contributed by atoms with Crippen LogP contribution in [0.1, 0.15) is 34.6 Å². The van der Waals surface area contributed by atoms with Crippen LogP contribution in [-0.4, -0.2) is 12.5 Å². The number of hydrogen-bond donors (Lipinski definition) is 0. The lowest BCUT2D eigenvalue weighted by molar-refractivity contribution is 0.0971. The molecule has 3 aromatic carbocycles. The van der Waals surface area contributed by atoms with E-state index in [-0.39, 0.29) is 16.8 Å². The molecule has 0 spiro atoms. The highest BCUT2D eigenvalue weighted by Crippen LogP contribution is 2.42. The lowest BCUT2D eigenvalue weighted by Gasteiger charge is -2.25. The van der Waals surface area contributed by atoms with Crippen molar-refractivity contribution >= 4 is 45.8 Å². The average Bonchev–Trinajstić information content (AvgIpc) is 3.09. The Morgan fingerprint density at radius 2 is 1.72 bits per heavy atom. The molecule has 5 nitrogen and oxygen atoms in total. The van der Waals surface area contributed by atoms with E-state index >= 15 is 0 Å². The molecule has 1 aliphatic rings. The summed E-state index contributed by atoms with van der Waals surface area (Å²) in [6, 6.07) is 18.4. The Bertz CT molecular complexity index is 1410. The van der Waals surface area contributed by atoms with Gasteiger partial charge in [-0.3, -0.25) is 14.5 Å². The number of para-hydroxylation sites is 1. The molecule has 7 heteroatoms. The molecule has 1 unspecified atom stereocenters. The van der Waals surface area contributed by atoms with Gasteiger partial charge in [-0.15, -0.1) is 0 Å². The van der Waals surface area contributed by atoms with Crippen LogP contribution in [-0.2, 0) is 0 Å². The Morgan fingerprint density at radius 3 is 2.44 bits per heavy atom. The maximum atomic E-state index is 13.5. The molecule has 0 saturated heterocycles. The van der Waals surface area contributed by atoms with E-state index in [4.69, 9.17) is 32.4 Å². The van der Waals surface area contributed by atoms with Crippen molar-refractivity contribution in [3.05, 3.63) is 104 Å². The molecule has 0 saturated carbocycles. The SMILES string of the molecule is CCOc1ccc(N2C(=O)c3oc4ccccc4c(=O)c3C2c2ccc(Cl)c(Cl)c2)cc1. The number of hydrogen-bond acceptors (Lipinski definition) is 4. The van der Waals surface area contributed by atoms with Gasteiger partial charge in [-0.05, 0) is 61.0 Å². The Kier molecular flexibility index (Phi) is 5.16. The molecule has 5 rings (SSSR count). The van der Waals surface area contributed by atoms with Crippen LogP contribution in [0.3, 0.4) is 0 Å². The van der Waals surface area contributed by atoms with Gasteiger partial charge in [0.25, 0.3) is 5.91 Å². The summed E-state index contributed by atoms with van der Waals surface area (Å²) >= 11 is 12.4. The third kappa shape index (κ3) is 3.25. The number of ether oxygens (including phenoxy) is 1. The zero-order valence-electron chi connectivity index (χ0n) is 17.0. The monoisotopic (exact) mass is 465 g/mol. The minimum Gasteiger partial charge on any atom is -0.494 e. The first kappa shape index (κ1) is 20.6. The summed E-state index contributed by atoms with van der Waals surface area (Å²) < 4.78 is 11.5. The molecule has 1 atom stereocenters. The third-order valence-electron chi connectivity index (χ3n) is 5.46. The van der Waals surface area contributed by atoms with E-state index in [2.05, 4.69) is 0 Å². The van der Waals surface area contributed by atoms with Gasteiger partial charge in [0, 0.05) is 5.69 Å². The molecule has 4 aromatic rings. The molecule has 0 bridgehead atoms. The number of benzene rings is 3. The summed E-state index contributed by atoms with van der Waals surface area (Å²) in [5.41, 5.74) is 1.65. The highest BCUT2D eigenvalue weighted by molar-refractivity contribution is 6.42. The zero-order valence-corrected chi connectivity index (χ0v) is 18.5. The van der Waals surface area contributed by atoms with Crippen LogP contribution >= 0.6 is 23.2 Å². The second kappa shape index (κ2) is 8.01. The van der Waals surface area contributed by atoms with Gasteiger partial charge in [-0.2, -0.15) is 0 Å². The molecule has 1 aromatic heterocycles. The van der Waals surface area contributed by atoms with Crippen molar-refractivity contribution in [1.29, 1.82) is 0 Å². The minimum atomic E-state index is -0.717. The van der Waals surface area contributed by atoms with E-state index in [0.717, 1.165) is 0 Å². The fourth-order valence-corrected chi connectivity index (χ4v) is 4.36. The van der Waals surface area contributed by atoms with E-state index in [1.54, 1.807) is 71.6 Å². The molecule has 1 amide bonds. The molecule has 0 radical (unpaired) electrons. The number of carbonyl (C=O) groups is 1. The Hall–Kier alpha value is -3.28. The largest absolute Gasteiger partial charge is 0.494 e. The van der Waals surface area contributed by atoms with Crippen LogP contribution in [0.25, 0.3) is 11.0 Å². The lowest BCUT2D eigenvalue weighted by Crippen LogP contribution is -2.29. The molecule has 0 aliphatic carbocycles. The van der Waals surface area contributed by atoms with Crippen molar-refractivity contribution in [2.45, 2.75) is 13.0 Å². The molecular formula is C25H17Cl2NO4. The standard InChI is InChI=1S/C25H17Cl2NO4/c1-2-31-16-10-8-15(9-11-16)28-22(14-7-12-18(26)19(27)13-14)21-23(29)17-5-3-4-6-20(17)32-24(21)25(28)30/h3-13,22H,2H2,1H3. The van der Waals surface area contributed by atoms with Gasteiger partial charge in [-0.25, -0.2) is 0 Å². The summed E-state index contributed by atoms with van der Waals surface area (Å²) in [6.07, 6.45) is 0. The van der Waals surface area contributed by atoms with Gasteiger partial charge >= 0.3 is 0 Å². The number of anilines is 1. The van der Waals surface area contributed by atoms with Gasteiger partial charge in [0.1, 0.15) is 11.3 Å². The number of carbonyl (C=O) groups excluding carboxylic acids is 1. The maximum Gasteiger partial charge on any atom is 0.295 e. The predicted molar refractivity (Wildman–Crippen MR) is 125 cm³/mol. The number of rotatable bonds is 4. The molecular weight excluding hydrogens is 449 g/mol. The zero-order chi connectivity index (χ0) is 22.4. The summed E-state index contributed by atoms with van der Waals surface area (Å²) in [5.74, 6) is 0.313. The van der Waals surface area contributed by atoms with Crippen LogP contribution in [0.15, 0.2) is 75.9 Å². The lowest BCUT2D eigenvalue weighted by atomic mass is 9.98. The molecule has 2 heterocycles. The second-order valence-electron chi connectivity index (χ2n) is 7.35. The maximum absolute atomic E-state index is 13.5. The fraction of sp³-hybridized carbons (Fsp3) is 0.120. The minimum absolute atomic E-state index is 0.0265. The molecule has 160 valence electrons. The van der Waals surface area contributed by atoms with Crippen molar-refractivity contribution in [2.75, 3.05) is 11.5 Å². The Morgan fingerprint density at radius 1 is 0.969 bits per heavy atom. The van der Waals surface area contributed by atoms with E-state index in [9.17, 15) is 9.59 Å². The van der Waals surface area contributed by atoms with Crippen molar-refractivity contribution in [1.82, 2.24) is 0 Å². The fourth-order valence-electron chi connectivity index (χ4n) is 4.05. The van der Waals surface area contributed by atoms with Gasteiger partial charge < -0.3 is 9.15 Å². The van der Waals surface area contributed by atoms with Crippen LogP contribution in [0.4, 0.5) is 5.69 Å². The first-order valence-corrected chi connectivity index (χ1v) is 10.8. The number of halogens is 2. The summed E-state index contributed by atoms with van der Waals surface area (Å²) in [4.78, 5) is 28.6. The summed E-state index contributed by atoms with van der Waals surface area (Å²) in [5, 5.41) is 1.14.